The van der Waals surface area contributed by atoms with Crippen LogP contribution in [0.2, 0.25) is 0 Å². The van der Waals surface area contributed by atoms with Crippen LogP contribution in [0.1, 0.15) is 5.56 Å². The third-order valence-corrected chi connectivity index (χ3v) is 2.02. The Morgan fingerprint density at radius 3 is 2.93 bits per heavy atom. The monoisotopic (exact) mass is 201 g/mol. The number of benzene rings is 1. The number of rotatable bonds is 1. The lowest BCUT2D eigenvalue weighted by Gasteiger charge is -2.25. The highest BCUT2D eigenvalue weighted by Gasteiger charge is 2.39. The molecular formula is C9H9F2NO2. The molecule has 1 heterocycles. The van der Waals surface area contributed by atoms with Crippen LogP contribution in [0.25, 0.3) is 0 Å². The number of anilines is 1. The van der Waals surface area contributed by atoms with Crippen LogP contribution in [-0.4, -0.2) is 13.3 Å². The van der Waals surface area contributed by atoms with Crippen molar-refractivity contribution in [2.24, 2.45) is 0 Å². The Kier molecular flexibility index (Phi) is 2.03. The molecule has 76 valence electrons. The molecule has 0 amide bonds. The Bertz CT molecular complexity index is 355. The van der Waals surface area contributed by atoms with E-state index in [0.717, 1.165) is 5.69 Å². The van der Waals surface area contributed by atoms with Crippen LogP contribution in [0.3, 0.4) is 0 Å². The molecule has 0 saturated heterocycles. The van der Waals surface area contributed by atoms with E-state index in [4.69, 9.17) is 0 Å². The summed E-state index contributed by atoms with van der Waals surface area (Å²) in [7, 11) is 1.71. The first-order valence-corrected chi connectivity index (χ1v) is 4.13. The van der Waals surface area contributed by atoms with E-state index in [1.807, 2.05) is 0 Å². The van der Waals surface area contributed by atoms with Gasteiger partial charge in [0.2, 0.25) is 0 Å². The lowest BCUT2D eigenvalue weighted by atomic mass is 10.1. The molecule has 0 fully saturated rings. The summed E-state index contributed by atoms with van der Waals surface area (Å²) in [6, 6.07) is 4.91. The molecule has 0 saturated carbocycles. The largest absolute Gasteiger partial charge is 0.535 e. The maximum Gasteiger partial charge on any atom is 0.535 e. The van der Waals surface area contributed by atoms with Crippen LogP contribution in [0, 0.1) is 0 Å². The lowest BCUT2D eigenvalue weighted by molar-refractivity contribution is -0.367. The normalized spacial score (nSPS) is 18.2. The van der Waals surface area contributed by atoms with Gasteiger partial charge in [-0.2, -0.15) is 0 Å². The molecule has 0 unspecified atom stereocenters. The Morgan fingerprint density at radius 1 is 1.43 bits per heavy atom. The molecule has 1 N–H and O–H groups in total. The van der Waals surface area contributed by atoms with Gasteiger partial charge < -0.3 is 10.1 Å². The van der Waals surface area contributed by atoms with Gasteiger partial charge in [-0.25, -0.2) is 0 Å². The topological polar surface area (TPSA) is 30.5 Å². The first-order valence-electron chi connectivity index (χ1n) is 4.13. The van der Waals surface area contributed by atoms with E-state index < -0.39 is 6.29 Å². The molecule has 0 atom stereocenters. The van der Waals surface area contributed by atoms with Crippen molar-refractivity contribution in [3.05, 3.63) is 23.8 Å². The van der Waals surface area contributed by atoms with E-state index in [2.05, 4.69) is 14.8 Å². The van der Waals surface area contributed by atoms with Crippen molar-refractivity contribution in [1.29, 1.82) is 0 Å². The molecular weight excluding hydrogens is 192 g/mol. The molecule has 1 aliphatic heterocycles. The summed E-state index contributed by atoms with van der Waals surface area (Å²) in [4.78, 5) is 0. The van der Waals surface area contributed by atoms with E-state index in [9.17, 15) is 8.78 Å². The van der Waals surface area contributed by atoms with Gasteiger partial charge in [-0.1, -0.05) is 6.07 Å². The van der Waals surface area contributed by atoms with Crippen molar-refractivity contribution in [1.82, 2.24) is 0 Å². The summed E-state index contributed by atoms with van der Waals surface area (Å²) in [6.07, 6.45) is -3.51. The second kappa shape index (κ2) is 3.09. The third kappa shape index (κ3) is 1.50. The summed E-state index contributed by atoms with van der Waals surface area (Å²) in [5, 5.41) is 2.88. The number of halogens is 2. The van der Waals surface area contributed by atoms with Gasteiger partial charge >= 0.3 is 6.29 Å². The lowest BCUT2D eigenvalue weighted by Crippen LogP contribution is -2.32. The molecule has 5 heteroatoms. The highest BCUT2D eigenvalue weighted by atomic mass is 19.3. The van der Waals surface area contributed by atoms with Crippen molar-refractivity contribution in [3.8, 4) is 5.75 Å². The summed E-state index contributed by atoms with van der Waals surface area (Å²) in [5.74, 6) is 0.160. The minimum absolute atomic E-state index is 0.153. The van der Waals surface area contributed by atoms with Crippen molar-refractivity contribution in [2.45, 2.75) is 12.9 Å². The van der Waals surface area contributed by atoms with Crippen molar-refractivity contribution >= 4 is 5.69 Å². The predicted octanol–water partition coefficient (Wildman–Crippen LogP) is 2.19. The smallest absolute Gasteiger partial charge is 0.409 e. The molecule has 1 aliphatic rings. The van der Waals surface area contributed by atoms with Gasteiger partial charge in [0.15, 0.2) is 0 Å². The average Bonchev–Trinajstić information content (AvgIpc) is 2.15. The molecule has 0 aliphatic carbocycles. The maximum absolute atomic E-state index is 12.7. The van der Waals surface area contributed by atoms with E-state index in [1.165, 1.54) is 6.07 Å². The summed E-state index contributed by atoms with van der Waals surface area (Å²) >= 11 is 0. The summed E-state index contributed by atoms with van der Waals surface area (Å²) in [5.41, 5.74) is 1.35. The molecule has 0 aromatic heterocycles. The summed E-state index contributed by atoms with van der Waals surface area (Å²) in [6.45, 7) is -0.153. The number of hydrogen-bond acceptors (Lipinski definition) is 3. The van der Waals surface area contributed by atoms with E-state index in [1.54, 1.807) is 19.2 Å². The Hall–Kier alpha value is -1.36. The van der Waals surface area contributed by atoms with Gasteiger partial charge in [0, 0.05) is 18.3 Å². The highest BCUT2D eigenvalue weighted by molar-refractivity contribution is 5.57. The SMILES string of the molecule is CNc1cccc2c1COC(F)(F)O2. The molecule has 0 radical (unpaired) electrons. The fourth-order valence-electron chi connectivity index (χ4n) is 1.36. The van der Waals surface area contributed by atoms with E-state index in [-0.39, 0.29) is 12.4 Å². The minimum Gasteiger partial charge on any atom is -0.409 e. The van der Waals surface area contributed by atoms with Crippen LogP contribution < -0.4 is 10.1 Å². The van der Waals surface area contributed by atoms with Gasteiger partial charge in [0.25, 0.3) is 0 Å². The molecule has 1 aromatic carbocycles. The highest BCUT2D eigenvalue weighted by Crippen LogP contribution is 2.36. The standard InChI is InChI=1S/C9H9F2NO2/c1-12-7-3-2-4-8-6(7)5-13-9(10,11)14-8/h2-4,12H,5H2,1H3. The zero-order valence-corrected chi connectivity index (χ0v) is 7.51. The van der Waals surface area contributed by atoms with Crippen LogP contribution in [0.4, 0.5) is 14.5 Å². The van der Waals surface area contributed by atoms with Gasteiger partial charge in [0.1, 0.15) is 5.75 Å². The first kappa shape index (κ1) is 9.21. The number of nitrogens with one attached hydrogen (secondary N) is 1. The average molecular weight is 201 g/mol. The third-order valence-electron chi connectivity index (χ3n) is 2.02. The molecule has 0 spiro atoms. The van der Waals surface area contributed by atoms with E-state index in [0.29, 0.717) is 5.56 Å². The Morgan fingerprint density at radius 2 is 2.21 bits per heavy atom. The second-order valence-electron chi connectivity index (χ2n) is 2.89. The molecule has 1 aromatic rings. The van der Waals surface area contributed by atoms with Crippen LogP contribution in [0.5, 0.6) is 5.75 Å². The zero-order valence-electron chi connectivity index (χ0n) is 7.51. The number of alkyl halides is 2. The molecule has 0 bridgehead atoms. The second-order valence-corrected chi connectivity index (χ2v) is 2.89. The number of fused-ring (bicyclic) bond motifs is 1. The Balaban J connectivity index is 2.40. The predicted molar refractivity (Wildman–Crippen MR) is 46.4 cm³/mol. The van der Waals surface area contributed by atoms with Gasteiger partial charge in [0.05, 0.1) is 6.61 Å². The fourth-order valence-corrected chi connectivity index (χ4v) is 1.36. The molecule has 14 heavy (non-hydrogen) atoms. The number of hydrogen-bond donors (Lipinski definition) is 1. The van der Waals surface area contributed by atoms with Crippen molar-refractivity contribution < 1.29 is 18.3 Å². The van der Waals surface area contributed by atoms with Gasteiger partial charge in [-0.3, -0.25) is 4.74 Å². The minimum atomic E-state index is -3.51. The van der Waals surface area contributed by atoms with Crippen LogP contribution in [-0.2, 0) is 11.3 Å². The summed E-state index contributed by atoms with van der Waals surface area (Å²) < 4.78 is 33.9. The number of ether oxygens (including phenoxy) is 2. The van der Waals surface area contributed by atoms with Crippen molar-refractivity contribution in [3.63, 3.8) is 0 Å². The fraction of sp³-hybridized carbons (Fsp3) is 0.333. The maximum atomic E-state index is 12.7. The van der Waals surface area contributed by atoms with Crippen LogP contribution in [0.15, 0.2) is 18.2 Å². The molecule has 2 rings (SSSR count). The van der Waals surface area contributed by atoms with Crippen molar-refractivity contribution in [2.75, 3.05) is 12.4 Å². The Labute approximate surface area is 79.6 Å². The van der Waals surface area contributed by atoms with Gasteiger partial charge in [-0.15, -0.1) is 8.78 Å². The quantitative estimate of drug-likeness (QED) is 0.755. The van der Waals surface area contributed by atoms with E-state index >= 15 is 0 Å². The van der Waals surface area contributed by atoms with Gasteiger partial charge in [-0.05, 0) is 12.1 Å². The first-order chi connectivity index (χ1) is 6.62. The molecule has 3 nitrogen and oxygen atoms in total. The van der Waals surface area contributed by atoms with Crippen LogP contribution >= 0.6 is 0 Å². The zero-order chi connectivity index (χ0) is 10.2.